The van der Waals surface area contributed by atoms with Gasteiger partial charge in [-0.1, -0.05) is 12.2 Å². The molecule has 0 spiro atoms. The van der Waals surface area contributed by atoms with E-state index < -0.39 is 0 Å². The number of benzene rings is 1. The lowest BCUT2D eigenvalue weighted by Gasteiger charge is -2.21. The Morgan fingerprint density at radius 3 is 2.86 bits per heavy atom. The molecule has 2 heterocycles. The van der Waals surface area contributed by atoms with Gasteiger partial charge >= 0.3 is 0 Å². The average Bonchev–Trinajstić information content (AvgIpc) is 3.01. The fourth-order valence-electron chi connectivity index (χ4n) is 4.49. The number of allylic oxidation sites excluding steroid dienone is 2. The number of aryl methyl sites for hydroxylation is 2. The molecule has 0 bridgehead atoms. The van der Waals surface area contributed by atoms with Crippen molar-refractivity contribution < 1.29 is 13.9 Å². The number of aldehydes is 1. The predicted molar refractivity (Wildman–Crippen MR) is 109 cm³/mol. The second-order valence-electron chi connectivity index (χ2n) is 7.64. The van der Waals surface area contributed by atoms with Gasteiger partial charge in [-0.25, -0.2) is 9.37 Å². The smallest absolute Gasteiger partial charge is 0.148 e. The molecule has 146 valence electrons. The van der Waals surface area contributed by atoms with Crippen molar-refractivity contribution >= 4 is 22.9 Å². The van der Waals surface area contributed by atoms with Crippen molar-refractivity contribution in [1.29, 1.82) is 0 Å². The van der Waals surface area contributed by atoms with E-state index in [1.54, 1.807) is 13.2 Å². The van der Waals surface area contributed by atoms with E-state index >= 15 is 0 Å². The summed E-state index contributed by atoms with van der Waals surface area (Å²) in [6.45, 7) is 3.01. The van der Waals surface area contributed by atoms with Gasteiger partial charge in [-0.15, -0.1) is 0 Å². The summed E-state index contributed by atoms with van der Waals surface area (Å²) in [5.41, 5.74) is 7.88. The molecule has 2 aromatic rings. The summed E-state index contributed by atoms with van der Waals surface area (Å²) in [7, 11) is 3.63. The van der Waals surface area contributed by atoms with E-state index in [1.165, 1.54) is 16.5 Å². The molecule has 0 atom stereocenters. The van der Waals surface area contributed by atoms with E-state index in [4.69, 9.17) is 9.72 Å². The largest absolute Gasteiger partial charge is 0.380 e. The Kier molecular flexibility index (Phi) is 5.02. The van der Waals surface area contributed by atoms with Crippen LogP contribution in [0.2, 0.25) is 0 Å². The fourth-order valence-corrected chi connectivity index (χ4v) is 4.49. The van der Waals surface area contributed by atoms with Gasteiger partial charge in [0.1, 0.15) is 12.1 Å². The Morgan fingerprint density at radius 1 is 1.32 bits per heavy atom. The lowest BCUT2D eigenvalue weighted by Crippen LogP contribution is -2.10. The minimum atomic E-state index is -0.169. The minimum Gasteiger partial charge on any atom is -0.380 e. The van der Waals surface area contributed by atoms with Gasteiger partial charge in [0.05, 0.1) is 23.5 Å². The topological polar surface area (TPSA) is 42.4 Å². The molecule has 0 saturated heterocycles. The quantitative estimate of drug-likeness (QED) is 0.578. The molecule has 2 aliphatic rings. The molecule has 0 radical (unpaired) electrons. The van der Waals surface area contributed by atoms with Crippen molar-refractivity contribution in [3.8, 4) is 0 Å². The minimum absolute atomic E-state index is 0.169. The summed E-state index contributed by atoms with van der Waals surface area (Å²) >= 11 is 0. The lowest BCUT2D eigenvalue weighted by molar-refractivity contribution is -0.105. The summed E-state index contributed by atoms with van der Waals surface area (Å²) in [5.74, 6) is -0.169. The first kappa shape index (κ1) is 18.8. The third-order valence-corrected chi connectivity index (χ3v) is 5.87. The number of nitrogens with zero attached hydrogens (tertiary/aromatic N) is 2. The van der Waals surface area contributed by atoms with Crippen LogP contribution in [0.1, 0.15) is 40.8 Å². The first-order valence-electron chi connectivity index (χ1n) is 9.73. The maximum absolute atomic E-state index is 14.5. The standard InChI is InChI=1S/C23H25FN2O2/c1-14-16-7-5-8-17-18-11-26(2)21(9-4-6-15(12-27)13-28-3)23(18)25-20(22(16)17)10-19(14)24/h6,9-10,12H,4-5,7-8,11,13H2,1-3H3/b15-6+,21-9-. The Bertz CT molecular complexity index is 1020. The SMILES string of the molecule is COC/C(C=O)=C/C/C=C1/c2nc3cc(F)c(C)c4c3c(c2CN1C)CCC4. The van der Waals surface area contributed by atoms with Crippen LogP contribution in [-0.2, 0) is 28.9 Å². The first-order chi connectivity index (χ1) is 13.5. The lowest BCUT2D eigenvalue weighted by atomic mass is 9.85. The van der Waals surface area contributed by atoms with Gasteiger partial charge in [-0.3, -0.25) is 4.79 Å². The summed E-state index contributed by atoms with van der Waals surface area (Å²) < 4.78 is 19.5. The number of pyridine rings is 1. The van der Waals surface area contributed by atoms with Crippen LogP contribution in [0.15, 0.2) is 23.8 Å². The number of aromatic nitrogens is 1. The number of ether oxygens (including phenoxy) is 1. The number of hydrogen-bond acceptors (Lipinski definition) is 4. The van der Waals surface area contributed by atoms with Crippen LogP contribution in [0.3, 0.4) is 0 Å². The van der Waals surface area contributed by atoms with Gasteiger partial charge < -0.3 is 9.64 Å². The zero-order valence-electron chi connectivity index (χ0n) is 16.6. The van der Waals surface area contributed by atoms with Gasteiger partial charge in [0.25, 0.3) is 0 Å². The van der Waals surface area contributed by atoms with E-state index in [0.717, 1.165) is 60.1 Å². The van der Waals surface area contributed by atoms with Crippen LogP contribution in [0.4, 0.5) is 4.39 Å². The number of carbonyl (C=O) groups is 1. The van der Waals surface area contributed by atoms with Gasteiger partial charge in [0.2, 0.25) is 0 Å². The van der Waals surface area contributed by atoms with Crippen molar-refractivity contribution in [3.63, 3.8) is 0 Å². The van der Waals surface area contributed by atoms with Crippen LogP contribution in [0.5, 0.6) is 0 Å². The molecule has 28 heavy (non-hydrogen) atoms. The normalized spacial score (nSPS) is 17.5. The number of rotatable bonds is 5. The third-order valence-electron chi connectivity index (χ3n) is 5.87. The molecule has 1 aromatic heterocycles. The maximum atomic E-state index is 14.5. The van der Waals surface area contributed by atoms with E-state index in [-0.39, 0.29) is 5.82 Å². The second kappa shape index (κ2) is 7.47. The molecular weight excluding hydrogens is 355 g/mol. The fraction of sp³-hybridized carbons (Fsp3) is 0.391. The molecule has 0 N–H and O–H groups in total. The molecule has 4 nitrogen and oxygen atoms in total. The number of hydrogen-bond donors (Lipinski definition) is 0. The van der Waals surface area contributed by atoms with Gasteiger partial charge in [-0.2, -0.15) is 0 Å². The van der Waals surface area contributed by atoms with Crippen molar-refractivity contribution in [2.24, 2.45) is 0 Å². The van der Waals surface area contributed by atoms with Crippen molar-refractivity contribution in [2.45, 2.75) is 39.2 Å². The molecular formula is C23H25FN2O2. The number of carbonyl (C=O) groups excluding carboxylic acids is 1. The molecule has 1 aliphatic heterocycles. The molecule has 0 saturated carbocycles. The molecule has 1 aromatic carbocycles. The van der Waals surface area contributed by atoms with Gasteiger partial charge in [0.15, 0.2) is 0 Å². The van der Waals surface area contributed by atoms with Crippen LogP contribution in [0.25, 0.3) is 16.6 Å². The monoisotopic (exact) mass is 380 g/mol. The molecule has 1 aliphatic carbocycles. The summed E-state index contributed by atoms with van der Waals surface area (Å²) in [6, 6.07) is 1.59. The van der Waals surface area contributed by atoms with Crippen LogP contribution in [0, 0.1) is 12.7 Å². The third kappa shape index (κ3) is 3.04. The molecule has 0 amide bonds. The highest BCUT2D eigenvalue weighted by molar-refractivity contribution is 5.91. The average molecular weight is 380 g/mol. The van der Waals surface area contributed by atoms with E-state index in [0.29, 0.717) is 18.6 Å². The van der Waals surface area contributed by atoms with E-state index in [1.807, 2.05) is 13.0 Å². The second-order valence-corrected chi connectivity index (χ2v) is 7.64. The summed E-state index contributed by atoms with van der Waals surface area (Å²) in [5, 5.41) is 1.17. The van der Waals surface area contributed by atoms with E-state index in [2.05, 4.69) is 18.0 Å². The van der Waals surface area contributed by atoms with E-state index in [9.17, 15) is 9.18 Å². The number of fused-ring (bicyclic) bond motifs is 2. The first-order valence-corrected chi connectivity index (χ1v) is 9.73. The van der Waals surface area contributed by atoms with Crippen molar-refractivity contribution in [2.75, 3.05) is 20.8 Å². The molecule has 5 heteroatoms. The predicted octanol–water partition coefficient (Wildman–Crippen LogP) is 4.12. The van der Waals surface area contributed by atoms with Gasteiger partial charge in [0, 0.05) is 43.3 Å². The number of methoxy groups -OCH3 is 1. The highest BCUT2D eigenvalue weighted by Gasteiger charge is 2.29. The van der Waals surface area contributed by atoms with Crippen LogP contribution in [-0.4, -0.2) is 36.9 Å². The zero-order valence-corrected chi connectivity index (χ0v) is 16.6. The zero-order chi connectivity index (χ0) is 19.8. The maximum Gasteiger partial charge on any atom is 0.148 e. The summed E-state index contributed by atoms with van der Waals surface area (Å²) in [4.78, 5) is 18.2. The molecule has 0 fully saturated rings. The highest BCUT2D eigenvalue weighted by Crippen LogP contribution is 2.41. The Hall–Kier alpha value is -2.53. The van der Waals surface area contributed by atoms with Crippen LogP contribution >= 0.6 is 0 Å². The van der Waals surface area contributed by atoms with Gasteiger partial charge in [-0.05, 0) is 49.3 Å². The summed E-state index contributed by atoms with van der Waals surface area (Å²) in [6.07, 6.45) is 8.41. The van der Waals surface area contributed by atoms with Crippen molar-refractivity contribution in [3.05, 3.63) is 57.6 Å². The van der Waals surface area contributed by atoms with Crippen LogP contribution < -0.4 is 0 Å². The highest BCUT2D eigenvalue weighted by atomic mass is 19.1. The van der Waals surface area contributed by atoms with Crippen molar-refractivity contribution in [1.82, 2.24) is 9.88 Å². The Balaban J connectivity index is 1.81. The Labute approximate surface area is 164 Å². The molecule has 0 unspecified atom stereocenters. The molecule has 4 rings (SSSR count). The number of halogens is 1. The Morgan fingerprint density at radius 2 is 2.11 bits per heavy atom.